The molecule has 2 aromatic carbocycles. The van der Waals surface area contributed by atoms with E-state index in [1.165, 1.54) is 16.7 Å². The molecule has 0 bridgehead atoms. The highest BCUT2D eigenvalue weighted by Gasteiger charge is 2.39. The van der Waals surface area contributed by atoms with Crippen molar-refractivity contribution < 1.29 is 4.79 Å². The average Bonchev–Trinajstić information content (AvgIpc) is 2.63. The first-order valence-electron chi connectivity index (χ1n) is 9.25. The van der Waals surface area contributed by atoms with Crippen LogP contribution in [0.3, 0.4) is 0 Å². The molecule has 2 aromatic rings. The fourth-order valence-corrected chi connectivity index (χ4v) is 3.64. The van der Waals surface area contributed by atoms with Crippen LogP contribution in [-0.2, 0) is 11.2 Å². The summed E-state index contributed by atoms with van der Waals surface area (Å²) in [5.74, 6) is 0.182. The molecule has 1 heterocycles. The van der Waals surface area contributed by atoms with Gasteiger partial charge in [-0.05, 0) is 56.3 Å². The van der Waals surface area contributed by atoms with E-state index in [4.69, 9.17) is 0 Å². The summed E-state index contributed by atoms with van der Waals surface area (Å²) in [5, 5.41) is 6.56. The maximum absolute atomic E-state index is 12.9. The topological polar surface area (TPSA) is 41.1 Å². The Balaban J connectivity index is 1.79. The van der Waals surface area contributed by atoms with Crippen molar-refractivity contribution in [2.45, 2.75) is 39.2 Å². The van der Waals surface area contributed by atoms with Crippen molar-refractivity contribution in [2.24, 2.45) is 5.41 Å². The van der Waals surface area contributed by atoms with Crippen LogP contribution in [0.1, 0.15) is 32.3 Å². The Labute approximate surface area is 150 Å². The van der Waals surface area contributed by atoms with Crippen LogP contribution in [0.2, 0.25) is 0 Å². The third-order valence-electron chi connectivity index (χ3n) is 4.98. The minimum atomic E-state index is -0.337. The molecule has 0 aliphatic carbocycles. The number of hydrogen-bond acceptors (Lipinski definition) is 2. The van der Waals surface area contributed by atoms with Crippen molar-refractivity contribution in [2.75, 3.05) is 13.1 Å². The van der Waals surface area contributed by atoms with E-state index in [9.17, 15) is 4.79 Å². The quantitative estimate of drug-likeness (QED) is 0.872. The SMILES string of the molecule is CC(C)NC(=O)C1(Cc2ccc(-c3ccccc3)cc2)CCCNC1. The number of rotatable bonds is 5. The molecular formula is C22H28N2O. The fraction of sp³-hybridized carbons (Fsp3) is 0.409. The highest BCUT2D eigenvalue weighted by molar-refractivity contribution is 5.83. The van der Waals surface area contributed by atoms with Gasteiger partial charge < -0.3 is 10.6 Å². The molecule has 0 radical (unpaired) electrons. The number of carbonyl (C=O) groups excluding carboxylic acids is 1. The fourth-order valence-electron chi connectivity index (χ4n) is 3.64. The number of amides is 1. The predicted octanol–water partition coefficient (Wildman–Crippen LogP) is 3.79. The summed E-state index contributed by atoms with van der Waals surface area (Å²) in [6.45, 7) is 5.81. The summed E-state index contributed by atoms with van der Waals surface area (Å²) < 4.78 is 0. The van der Waals surface area contributed by atoms with Gasteiger partial charge in [-0.15, -0.1) is 0 Å². The number of hydrogen-bond donors (Lipinski definition) is 2. The van der Waals surface area contributed by atoms with E-state index in [1.807, 2.05) is 19.9 Å². The van der Waals surface area contributed by atoms with Crippen LogP contribution in [0, 0.1) is 5.41 Å². The summed E-state index contributed by atoms with van der Waals surface area (Å²) in [5.41, 5.74) is 3.33. The van der Waals surface area contributed by atoms with Crippen molar-refractivity contribution >= 4 is 5.91 Å². The van der Waals surface area contributed by atoms with Crippen LogP contribution < -0.4 is 10.6 Å². The van der Waals surface area contributed by atoms with E-state index >= 15 is 0 Å². The molecule has 25 heavy (non-hydrogen) atoms. The normalized spacial score (nSPS) is 20.4. The predicted molar refractivity (Wildman–Crippen MR) is 103 cm³/mol. The molecule has 132 valence electrons. The maximum Gasteiger partial charge on any atom is 0.228 e. The van der Waals surface area contributed by atoms with Gasteiger partial charge >= 0.3 is 0 Å². The van der Waals surface area contributed by atoms with Crippen LogP contribution in [0.25, 0.3) is 11.1 Å². The minimum absolute atomic E-state index is 0.173. The summed E-state index contributed by atoms with van der Waals surface area (Å²) in [7, 11) is 0. The van der Waals surface area contributed by atoms with Crippen LogP contribution >= 0.6 is 0 Å². The Kier molecular flexibility index (Phi) is 5.54. The molecule has 3 heteroatoms. The summed E-state index contributed by atoms with van der Waals surface area (Å²) in [6.07, 6.45) is 2.78. The Morgan fingerprint density at radius 1 is 1.08 bits per heavy atom. The van der Waals surface area contributed by atoms with E-state index in [0.717, 1.165) is 32.4 Å². The molecule has 1 amide bonds. The second-order valence-corrected chi connectivity index (χ2v) is 7.43. The number of nitrogens with one attached hydrogen (secondary N) is 2. The van der Waals surface area contributed by atoms with E-state index in [2.05, 4.69) is 59.2 Å². The van der Waals surface area contributed by atoms with Gasteiger partial charge in [0, 0.05) is 12.6 Å². The monoisotopic (exact) mass is 336 g/mol. The first kappa shape index (κ1) is 17.7. The highest BCUT2D eigenvalue weighted by Crippen LogP contribution is 2.32. The lowest BCUT2D eigenvalue weighted by atomic mass is 9.74. The van der Waals surface area contributed by atoms with Gasteiger partial charge in [-0.25, -0.2) is 0 Å². The van der Waals surface area contributed by atoms with Crippen molar-refractivity contribution in [3.05, 3.63) is 60.2 Å². The Morgan fingerprint density at radius 3 is 2.36 bits per heavy atom. The zero-order valence-corrected chi connectivity index (χ0v) is 15.2. The van der Waals surface area contributed by atoms with Gasteiger partial charge in [0.05, 0.1) is 5.41 Å². The molecule has 1 atom stereocenters. The van der Waals surface area contributed by atoms with Gasteiger partial charge in [-0.1, -0.05) is 54.6 Å². The first-order chi connectivity index (χ1) is 12.1. The van der Waals surface area contributed by atoms with Crippen LogP contribution in [-0.4, -0.2) is 25.0 Å². The van der Waals surface area contributed by atoms with Gasteiger partial charge in [-0.3, -0.25) is 4.79 Å². The number of piperidine rings is 1. The molecule has 0 saturated carbocycles. The van der Waals surface area contributed by atoms with Crippen molar-refractivity contribution in [1.82, 2.24) is 10.6 Å². The summed E-state index contributed by atoms with van der Waals surface area (Å²) in [6, 6.07) is 19.2. The van der Waals surface area contributed by atoms with Crippen molar-refractivity contribution in [3.63, 3.8) is 0 Å². The van der Waals surface area contributed by atoms with E-state index < -0.39 is 0 Å². The van der Waals surface area contributed by atoms with Crippen LogP contribution in [0.15, 0.2) is 54.6 Å². The molecule has 1 aliphatic heterocycles. The molecule has 0 aromatic heterocycles. The lowest BCUT2D eigenvalue weighted by molar-refractivity contribution is -0.132. The van der Waals surface area contributed by atoms with E-state index in [1.54, 1.807) is 0 Å². The average molecular weight is 336 g/mol. The molecule has 3 rings (SSSR count). The second kappa shape index (κ2) is 7.83. The van der Waals surface area contributed by atoms with Gasteiger partial charge in [0.1, 0.15) is 0 Å². The Morgan fingerprint density at radius 2 is 1.76 bits per heavy atom. The Hall–Kier alpha value is -2.13. The third-order valence-corrected chi connectivity index (χ3v) is 4.98. The molecule has 0 spiro atoms. The summed E-state index contributed by atoms with van der Waals surface area (Å²) in [4.78, 5) is 12.9. The van der Waals surface area contributed by atoms with Gasteiger partial charge in [-0.2, -0.15) is 0 Å². The molecular weight excluding hydrogens is 308 g/mol. The van der Waals surface area contributed by atoms with Crippen molar-refractivity contribution in [1.29, 1.82) is 0 Å². The molecule has 1 unspecified atom stereocenters. The van der Waals surface area contributed by atoms with E-state index in [0.29, 0.717) is 0 Å². The van der Waals surface area contributed by atoms with Crippen molar-refractivity contribution in [3.8, 4) is 11.1 Å². The lowest BCUT2D eigenvalue weighted by Gasteiger charge is -2.37. The minimum Gasteiger partial charge on any atom is -0.353 e. The zero-order chi connectivity index (χ0) is 17.7. The van der Waals surface area contributed by atoms with E-state index in [-0.39, 0.29) is 17.4 Å². The van der Waals surface area contributed by atoms with Gasteiger partial charge in [0.25, 0.3) is 0 Å². The lowest BCUT2D eigenvalue weighted by Crippen LogP contribution is -2.53. The van der Waals surface area contributed by atoms with Gasteiger partial charge in [0.15, 0.2) is 0 Å². The molecule has 1 fully saturated rings. The Bertz CT molecular complexity index is 686. The smallest absolute Gasteiger partial charge is 0.228 e. The second-order valence-electron chi connectivity index (χ2n) is 7.43. The summed E-state index contributed by atoms with van der Waals surface area (Å²) >= 11 is 0. The maximum atomic E-state index is 12.9. The van der Waals surface area contributed by atoms with Crippen LogP contribution in [0.5, 0.6) is 0 Å². The first-order valence-corrected chi connectivity index (χ1v) is 9.25. The molecule has 2 N–H and O–H groups in total. The number of benzene rings is 2. The van der Waals surface area contributed by atoms with Crippen LogP contribution in [0.4, 0.5) is 0 Å². The van der Waals surface area contributed by atoms with Gasteiger partial charge in [0.2, 0.25) is 5.91 Å². The number of carbonyl (C=O) groups is 1. The molecule has 1 saturated heterocycles. The molecule has 1 aliphatic rings. The largest absolute Gasteiger partial charge is 0.353 e. The third kappa shape index (κ3) is 4.29. The molecule has 3 nitrogen and oxygen atoms in total. The standard InChI is InChI=1S/C22H28N2O/c1-17(2)24-21(25)22(13-6-14-23-16-22)15-18-9-11-20(12-10-18)19-7-4-3-5-8-19/h3-5,7-12,17,23H,6,13-16H2,1-2H3,(H,24,25). The highest BCUT2D eigenvalue weighted by atomic mass is 16.2. The zero-order valence-electron chi connectivity index (χ0n) is 15.2.